The summed E-state index contributed by atoms with van der Waals surface area (Å²) in [6, 6.07) is 5.93. The number of hydrogen-bond donors (Lipinski definition) is 1. The van der Waals surface area contributed by atoms with Gasteiger partial charge in [-0.3, -0.25) is 9.78 Å². The molecule has 1 amide bonds. The molecule has 0 saturated carbocycles. The molecule has 2 aromatic heterocycles. The fraction of sp³-hybridized carbons (Fsp3) is 0.0714. The average Bonchev–Trinajstić information content (AvgIpc) is 3.01. The van der Waals surface area contributed by atoms with Gasteiger partial charge in [-0.2, -0.15) is 0 Å². The Bertz CT molecular complexity index is 806. The molecule has 5 heteroatoms. The summed E-state index contributed by atoms with van der Waals surface area (Å²) in [4.78, 5) is 19.9. The van der Waals surface area contributed by atoms with Gasteiger partial charge in [-0.1, -0.05) is 12.1 Å². The second kappa shape index (κ2) is 3.65. The monoisotopic (exact) mass is 250 g/mol. The number of rotatable bonds is 1. The Morgan fingerprint density at radius 2 is 2.21 bits per heavy atom. The van der Waals surface area contributed by atoms with Crippen LogP contribution < -0.4 is 5.32 Å². The highest BCUT2D eigenvalue weighted by atomic mass is 16.1. The Labute approximate surface area is 108 Å². The molecule has 4 rings (SSSR count). The van der Waals surface area contributed by atoms with Crippen LogP contribution in [0, 0.1) is 0 Å². The van der Waals surface area contributed by atoms with Crippen LogP contribution in [-0.4, -0.2) is 20.3 Å². The predicted molar refractivity (Wildman–Crippen MR) is 70.8 cm³/mol. The minimum Gasteiger partial charge on any atom is -0.326 e. The maximum absolute atomic E-state index is 11.3. The Hall–Kier alpha value is -2.69. The molecule has 1 aromatic carbocycles. The van der Waals surface area contributed by atoms with Gasteiger partial charge in [0.05, 0.1) is 18.3 Å². The Morgan fingerprint density at radius 3 is 3.16 bits per heavy atom. The van der Waals surface area contributed by atoms with Crippen molar-refractivity contribution in [3.05, 3.63) is 48.5 Å². The fourth-order valence-electron chi connectivity index (χ4n) is 2.35. The summed E-state index contributed by atoms with van der Waals surface area (Å²) in [5.41, 5.74) is 4.58. The van der Waals surface area contributed by atoms with Gasteiger partial charge in [0.2, 0.25) is 5.91 Å². The number of amides is 1. The van der Waals surface area contributed by atoms with E-state index in [9.17, 15) is 4.79 Å². The van der Waals surface area contributed by atoms with E-state index >= 15 is 0 Å². The Balaban J connectivity index is 1.83. The summed E-state index contributed by atoms with van der Waals surface area (Å²) >= 11 is 0. The molecule has 3 aromatic rings. The number of aromatic nitrogens is 3. The maximum Gasteiger partial charge on any atom is 0.228 e. The molecule has 0 fully saturated rings. The lowest BCUT2D eigenvalue weighted by Crippen LogP contribution is -2.03. The molecule has 0 spiro atoms. The molecule has 19 heavy (non-hydrogen) atoms. The van der Waals surface area contributed by atoms with Crippen LogP contribution >= 0.6 is 0 Å². The zero-order valence-electron chi connectivity index (χ0n) is 10.00. The topological polar surface area (TPSA) is 59.3 Å². The molecule has 5 nitrogen and oxygen atoms in total. The van der Waals surface area contributed by atoms with Crippen LogP contribution in [-0.2, 0) is 11.2 Å². The van der Waals surface area contributed by atoms with Crippen molar-refractivity contribution in [1.82, 2.24) is 14.4 Å². The van der Waals surface area contributed by atoms with Crippen LogP contribution in [0.4, 0.5) is 5.69 Å². The first-order chi connectivity index (χ1) is 9.29. The van der Waals surface area contributed by atoms with E-state index in [1.807, 2.05) is 35.0 Å². The highest BCUT2D eigenvalue weighted by molar-refractivity contribution is 5.99. The van der Waals surface area contributed by atoms with Gasteiger partial charge >= 0.3 is 0 Å². The number of carbonyl (C=O) groups is 1. The van der Waals surface area contributed by atoms with Crippen molar-refractivity contribution in [2.45, 2.75) is 6.42 Å². The minimum atomic E-state index is 0.0465. The van der Waals surface area contributed by atoms with Crippen molar-refractivity contribution in [3.63, 3.8) is 0 Å². The third-order valence-electron chi connectivity index (χ3n) is 3.31. The van der Waals surface area contributed by atoms with E-state index in [0.717, 1.165) is 28.2 Å². The van der Waals surface area contributed by atoms with Crippen molar-refractivity contribution in [1.29, 1.82) is 0 Å². The number of benzene rings is 1. The summed E-state index contributed by atoms with van der Waals surface area (Å²) in [7, 11) is 0. The van der Waals surface area contributed by atoms with E-state index in [4.69, 9.17) is 0 Å². The van der Waals surface area contributed by atoms with Gasteiger partial charge in [0.15, 0.2) is 5.65 Å². The molecule has 92 valence electrons. The van der Waals surface area contributed by atoms with Crippen LogP contribution in [0.25, 0.3) is 16.9 Å². The summed E-state index contributed by atoms with van der Waals surface area (Å²) in [5.74, 6) is 0.0465. The number of hydrogen-bond acceptors (Lipinski definition) is 3. The van der Waals surface area contributed by atoms with Crippen molar-refractivity contribution >= 4 is 17.2 Å². The van der Waals surface area contributed by atoms with E-state index in [2.05, 4.69) is 15.3 Å². The van der Waals surface area contributed by atoms with Gasteiger partial charge in [-0.25, -0.2) is 4.98 Å². The largest absolute Gasteiger partial charge is 0.326 e. The zero-order valence-corrected chi connectivity index (χ0v) is 10.00. The Kier molecular flexibility index (Phi) is 1.97. The molecule has 0 bridgehead atoms. The molecule has 3 heterocycles. The van der Waals surface area contributed by atoms with E-state index < -0.39 is 0 Å². The molecule has 0 aliphatic carbocycles. The van der Waals surface area contributed by atoms with Crippen LogP contribution in [0.1, 0.15) is 5.56 Å². The van der Waals surface area contributed by atoms with Crippen LogP contribution in [0.5, 0.6) is 0 Å². The van der Waals surface area contributed by atoms with Crippen molar-refractivity contribution in [2.75, 3.05) is 5.32 Å². The second-order valence-electron chi connectivity index (χ2n) is 4.56. The first kappa shape index (κ1) is 10.3. The lowest BCUT2D eigenvalue weighted by molar-refractivity contribution is -0.115. The van der Waals surface area contributed by atoms with Crippen molar-refractivity contribution < 1.29 is 4.79 Å². The zero-order chi connectivity index (χ0) is 12.8. The van der Waals surface area contributed by atoms with Gasteiger partial charge in [0.25, 0.3) is 0 Å². The number of carbonyl (C=O) groups excluding carboxylic acids is 1. The average molecular weight is 250 g/mol. The summed E-state index contributed by atoms with van der Waals surface area (Å²) < 4.78 is 1.92. The van der Waals surface area contributed by atoms with Gasteiger partial charge in [0, 0.05) is 29.8 Å². The van der Waals surface area contributed by atoms with E-state index in [0.29, 0.717) is 6.42 Å². The molecule has 0 unspecified atom stereocenters. The second-order valence-corrected chi connectivity index (χ2v) is 4.56. The number of anilines is 1. The standard InChI is InChI=1S/C14H10N4O/c19-14-6-10-2-1-9(5-11(10)17-14)12-8-18-4-3-15-13(18)7-16-12/h1-5,7-8H,6H2,(H,17,19). The summed E-state index contributed by atoms with van der Waals surface area (Å²) in [6.45, 7) is 0. The number of nitrogens with one attached hydrogen (secondary N) is 1. The highest BCUT2D eigenvalue weighted by Crippen LogP contribution is 2.28. The van der Waals surface area contributed by atoms with Crippen LogP contribution in [0.3, 0.4) is 0 Å². The molecule has 1 aliphatic heterocycles. The summed E-state index contributed by atoms with van der Waals surface area (Å²) in [5, 5.41) is 2.85. The van der Waals surface area contributed by atoms with Crippen molar-refractivity contribution in [2.24, 2.45) is 0 Å². The number of nitrogens with zero attached hydrogens (tertiary/aromatic N) is 3. The molecular formula is C14H10N4O. The SMILES string of the molecule is O=C1Cc2ccc(-c3cn4ccnc4cn3)cc2N1. The third-order valence-corrected chi connectivity index (χ3v) is 3.31. The Morgan fingerprint density at radius 1 is 1.26 bits per heavy atom. The first-order valence-corrected chi connectivity index (χ1v) is 6.01. The van der Waals surface area contributed by atoms with Crippen LogP contribution in [0.2, 0.25) is 0 Å². The maximum atomic E-state index is 11.3. The minimum absolute atomic E-state index is 0.0465. The normalized spacial score (nSPS) is 13.6. The van der Waals surface area contributed by atoms with E-state index in [-0.39, 0.29) is 5.91 Å². The number of imidazole rings is 1. The predicted octanol–water partition coefficient (Wildman–Crippen LogP) is 1.89. The number of fused-ring (bicyclic) bond motifs is 2. The highest BCUT2D eigenvalue weighted by Gasteiger charge is 2.17. The molecular weight excluding hydrogens is 240 g/mol. The molecule has 0 radical (unpaired) electrons. The first-order valence-electron chi connectivity index (χ1n) is 6.01. The van der Waals surface area contributed by atoms with Crippen LogP contribution in [0.15, 0.2) is 43.0 Å². The summed E-state index contributed by atoms with van der Waals surface area (Å²) in [6.07, 6.45) is 7.75. The lowest BCUT2D eigenvalue weighted by Gasteiger charge is -2.04. The molecule has 0 atom stereocenters. The van der Waals surface area contributed by atoms with Gasteiger partial charge in [-0.05, 0) is 11.6 Å². The van der Waals surface area contributed by atoms with Gasteiger partial charge in [0.1, 0.15) is 0 Å². The van der Waals surface area contributed by atoms with Gasteiger partial charge < -0.3 is 9.72 Å². The van der Waals surface area contributed by atoms with E-state index in [1.165, 1.54) is 0 Å². The third kappa shape index (κ3) is 1.59. The molecule has 0 saturated heterocycles. The van der Waals surface area contributed by atoms with Gasteiger partial charge in [-0.15, -0.1) is 0 Å². The smallest absolute Gasteiger partial charge is 0.228 e. The molecule has 1 N–H and O–H groups in total. The molecule has 1 aliphatic rings. The quantitative estimate of drug-likeness (QED) is 0.717. The lowest BCUT2D eigenvalue weighted by atomic mass is 10.1. The fourth-order valence-corrected chi connectivity index (χ4v) is 2.35. The van der Waals surface area contributed by atoms with E-state index in [1.54, 1.807) is 12.4 Å². The van der Waals surface area contributed by atoms with Crippen molar-refractivity contribution in [3.8, 4) is 11.3 Å².